The van der Waals surface area contributed by atoms with Gasteiger partial charge in [0, 0.05) is 12.1 Å². The summed E-state index contributed by atoms with van der Waals surface area (Å²) < 4.78 is 10.4. The van der Waals surface area contributed by atoms with Gasteiger partial charge in [-0.2, -0.15) is 0 Å². The van der Waals surface area contributed by atoms with E-state index in [2.05, 4.69) is 5.32 Å². The first-order valence-electron chi connectivity index (χ1n) is 9.90. The molecule has 3 aromatic rings. The molecule has 2 atom stereocenters. The van der Waals surface area contributed by atoms with E-state index in [1.807, 2.05) is 78.9 Å². The number of anilines is 1. The van der Waals surface area contributed by atoms with Crippen LogP contribution < -0.4 is 14.8 Å². The van der Waals surface area contributed by atoms with Gasteiger partial charge in [0.2, 0.25) is 0 Å². The number of hydrogen-bond acceptors (Lipinski definition) is 5. The van der Waals surface area contributed by atoms with Crippen LogP contribution in [0.2, 0.25) is 0 Å². The van der Waals surface area contributed by atoms with Crippen LogP contribution in [-0.2, 0) is 11.2 Å². The molecule has 0 aliphatic carbocycles. The highest BCUT2D eigenvalue weighted by Crippen LogP contribution is 2.27. The fourth-order valence-corrected chi connectivity index (χ4v) is 3.27. The first-order chi connectivity index (χ1) is 14.6. The maximum absolute atomic E-state index is 12.8. The van der Waals surface area contributed by atoms with Crippen molar-refractivity contribution in [3.63, 3.8) is 0 Å². The summed E-state index contributed by atoms with van der Waals surface area (Å²) in [5.74, 6) is 1.24. The Morgan fingerprint density at radius 2 is 1.43 bits per heavy atom. The summed E-state index contributed by atoms with van der Waals surface area (Å²) in [6.45, 7) is 0. The molecule has 2 unspecified atom stereocenters. The molecule has 0 saturated carbocycles. The molecule has 156 valence electrons. The Kier molecular flexibility index (Phi) is 7.46. The van der Waals surface area contributed by atoms with Crippen molar-refractivity contribution in [2.45, 2.75) is 25.0 Å². The lowest BCUT2D eigenvalue weighted by Gasteiger charge is -2.25. The quantitative estimate of drug-likeness (QED) is 0.523. The Labute approximate surface area is 177 Å². The highest BCUT2D eigenvalue weighted by molar-refractivity contribution is 5.84. The van der Waals surface area contributed by atoms with Crippen molar-refractivity contribution in [1.29, 1.82) is 0 Å². The lowest BCUT2D eigenvalue weighted by Crippen LogP contribution is -2.33. The van der Waals surface area contributed by atoms with Crippen LogP contribution in [-0.4, -0.2) is 31.2 Å². The first-order valence-corrected chi connectivity index (χ1v) is 9.90. The highest BCUT2D eigenvalue weighted by Gasteiger charge is 2.27. The van der Waals surface area contributed by atoms with Gasteiger partial charge >= 0.3 is 0 Å². The summed E-state index contributed by atoms with van der Waals surface area (Å²) in [5, 5.41) is 14.2. The molecule has 0 aliphatic rings. The predicted octanol–water partition coefficient (Wildman–Crippen LogP) is 4.42. The lowest BCUT2D eigenvalue weighted by molar-refractivity contribution is -0.127. The standard InChI is InChI=1S/C25H27NO4/c1-29-21-13-9-19(10-14-21)24(26-20-11-15-22(30-2)16-12-20)25(28)23(27)17-8-18-6-4-3-5-7-18/h3-7,9-16,24-26,28H,8,17H2,1-2H3. The van der Waals surface area contributed by atoms with Crippen LogP contribution >= 0.6 is 0 Å². The molecule has 30 heavy (non-hydrogen) atoms. The number of aliphatic hydroxyl groups is 1. The van der Waals surface area contributed by atoms with Crippen LogP contribution in [0, 0.1) is 0 Å². The second-order valence-corrected chi connectivity index (χ2v) is 7.02. The van der Waals surface area contributed by atoms with Gasteiger partial charge in [0.15, 0.2) is 5.78 Å². The molecule has 0 radical (unpaired) electrons. The fourth-order valence-electron chi connectivity index (χ4n) is 3.27. The van der Waals surface area contributed by atoms with Crippen molar-refractivity contribution in [3.8, 4) is 11.5 Å². The Morgan fingerprint density at radius 1 is 0.867 bits per heavy atom. The fraction of sp³-hybridized carbons (Fsp3) is 0.240. The largest absolute Gasteiger partial charge is 0.497 e. The predicted molar refractivity (Wildman–Crippen MR) is 118 cm³/mol. The molecule has 0 fully saturated rings. The van der Waals surface area contributed by atoms with Gasteiger partial charge in [0.25, 0.3) is 0 Å². The van der Waals surface area contributed by atoms with E-state index in [1.165, 1.54) is 0 Å². The molecule has 3 rings (SSSR count). The Bertz CT molecular complexity index is 924. The van der Waals surface area contributed by atoms with Crippen molar-refractivity contribution >= 4 is 11.5 Å². The number of ether oxygens (including phenoxy) is 2. The topological polar surface area (TPSA) is 67.8 Å². The second-order valence-electron chi connectivity index (χ2n) is 7.02. The minimum Gasteiger partial charge on any atom is -0.497 e. The SMILES string of the molecule is COc1ccc(NC(c2ccc(OC)cc2)C(O)C(=O)CCc2ccccc2)cc1. The smallest absolute Gasteiger partial charge is 0.164 e. The van der Waals surface area contributed by atoms with E-state index in [0.717, 1.165) is 22.6 Å². The molecule has 2 N–H and O–H groups in total. The van der Waals surface area contributed by atoms with E-state index in [1.54, 1.807) is 14.2 Å². The Morgan fingerprint density at radius 3 is 2.00 bits per heavy atom. The molecular weight excluding hydrogens is 378 g/mol. The second kappa shape index (κ2) is 10.5. The maximum Gasteiger partial charge on any atom is 0.164 e. The molecule has 0 bridgehead atoms. The molecule has 5 nitrogen and oxygen atoms in total. The summed E-state index contributed by atoms with van der Waals surface area (Å²) >= 11 is 0. The maximum atomic E-state index is 12.8. The zero-order valence-corrected chi connectivity index (χ0v) is 17.2. The van der Waals surface area contributed by atoms with Crippen molar-refractivity contribution < 1.29 is 19.4 Å². The van der Waals surface area contributed by atoms with E-state index in [4.69, 9.17) is 9.47 Å². The zero-order chi connectivity index (χ0) is 21.3. The van der Waals surface area contributed by atoms with Gasteiger partial charge < -0.3 is 19.9 Å². The van der Waals surface area contributed by atoms with Crippen molar-refractivity contribution in [2.75, 3.05) is 19.5 Å². The zero-order valence-electron chi connectivity index (χ0n) is 17.2. The number of carbonyl (C=O) groups is 1. The molecule has 5 heteroatoms. The van der Waals surface area contributed by atoms with Gasteiger partial charge in [-0.05, 0) is 53.9 Å². The van der Waals surface area contributed by atoms with E-state index in [0.29, 0.717) is 12.2 Å². The van der Waals surface area contributed by atoms with Crippen molar-refractivity contribution in [2.24, 2.45) is 0 Å². The third-order valence-corrected chi connectivity index (χ3v) is 5.04. The third kappa shape index (κ3) is 5.61. The average molecular weight is 405 g/mol. The molecule has 0 spiro atoms. The minimum atomic E-state index is -1.19. The van der Waals surface area contributed by atoms with Crippen LogP contribution in [0.5, 0.6) is 11.5 Å². The van der Waals surface area contributed by atoms with Crippen LogP contribution in [0.15, 0.2) is 78.9 Å². The van der Waals surface area contributed by atoms with Gasteiger partial charge in [0.05, 0.1) is 20.3 Å². The van der Waals surface area contributed by atoms with Crippen molar-refractivity contribution in [3.05, 3.63) is 90.0 Å². The Balaban J connectivity index is 1.78. The molecule has 0 heterocycles. The third-order valence-electron chi connectivity index (χ3n) is 5.04. The highest BCUT2D eigenvalue weighted by atomic mass is 16.5. The van der Waals surface area contributed by atoms with E-state index in [9.17, 15) is 9.90 Å². The number of aryl methyl sites for hydroxylation is 1. The Hall–Kier alpha value is -3.31. The number of ketones is 1. The molecule has 0 aromatic heterocycles. The van der Waals surface area contributed by atoms with Crippen LogP contribution in [0.4, 0.5) is 5.69 Å². The van der Waals surface area contributed by atoms with Gasteiger partial charge in [-0.1, -0.05) is 42.5 Å². The van der Waals surface area contributed by atoms with E-state index in [-0.39, 0.29) is 12.2 Å². The van der Waals surface area contributed by atoms with Crippen LogP contribution in [0.1, 0.15) is 23.6 Å². The number of carbonyl (C=O) groups excluding carboxylic acids is 1. The lowest BCUT2D eigenvalue weighted by atomic mass is 9.95. The number of hydrogen-bond donors (Lipinski definition) is 2. The van der Waals surface area contributed by atoms with Gasteiger partial charge in [0.1, 0.15) is 17.6 Å². The number of benzene rings is 3. The number of nitrogens with one attached hydrogen (secondary N) is 1. The van der Waals surface area contributed by atoms with Gasteiger partial charge in [-0.15, -0.1) is 0 Å². The number of aliphatic hydroxyl groups excluding tert-OH is 1. The minimum absolute atomic E-state index is 0.208. The average Bonchev–Trinajstić information content (AvgIpc) is 2.81. The molecule has 0 amide bonds. The summed E-state index contributed by atoms with van der Waals surface area (Å²) in [6.07, 6.45) is -0.333. The normalized spacial score (nSPS) is 12.6. The van der Waals surface area contributed by atoms with Crippen molar-refractivity contribution in [1.82, 2.24) is 0 Å². The van der Waals surface area contributed by atoms with E-state index >= 15 is 0 Å². The summed E-state index contributed by atoms with van der Waals surface area (Å²) in [4.78, 5) is 12.8. The summed E-state index contributed by atoms with van der Waals surface area (Å²) in [6, 6.07) is 23.9. The van der Waals surface area contributed by atoms with Crippen LogP contribution in [0.25, 0.3) is 0 Å². The first kappa shape index (κ1) is 21.4. The molecular formula is C25H27NO4. The molecule has 0 aliphatic heterocycles. The summed E-state index contributed by atoms with van der Waals surface area (Å²) in [7, 11) is 3.21. The number of Topliss-reactive ketones (excluding diaryl/α,β-unsaturated/α-hetero) is 1. The number of rotatable bonds is 10. The van der Waals surface area contributed by atoms with Crippen LogP contribution in [0.3, 0.4) is 0 Å². The van der Waals surface area contributed by atoms with Gasteiger partial charge in [-0.3, -0.25) is 4.79 Å². The molecule has 0 saturated heterocycles. The monoisotopic (exact) mass is 405 g/mol. The van der Waals surface area contributed by atoms with Gasteiger partial charge in [-0.25, -0.2) is 0 Å². The summed E-state index contributed by atoms with van der Waals surface area (Å²) in [5.41, 5.74) is 2.65. The van der Waals surface area contributed by atoms with E-state index < -0.39 is 12.1 Å². The number of methoxy groups -OCH3 is 2. The molecule has 3 aromatic carbocycles.